The quantitative estimate of drug-likeness (QED) is 0.665. The maximum Gasteiger partial charge on any atom is 0.239 e. The molecule has 0 aliphatic rings. The molecule has 0 bridgehead atoms. The number of nitrogens with two attached hydrogens (primary N) is 1. The van der Waals surface area contributed by atoms with Gasteiger partial charge in [0.15, 0.2) is 0 Å². The van der Waals surface area contributed by atoms with Gasteiger partial charge in [0.1, 0.15) is 0 Å². The van der Waals surface area contributed by atoms with Crippen LogP contribution < -0.4 is 5.73 Å². The van der Waals surface area contributed by atoms with Crippen molar-refractivity contribution in [2.24, 2.45) is 5.73 Å². The molecule has 0 aromatic heterocycles. The molecule has 0 saturated heterocycles. The molecule has 0 spiro atoms. The monoisotopic (exact) mass is 201 g/mol. The molecule has 0 aliphatic carbocycles. The van der Waals surface area contributed by atoms with Crippen LogP contribution in [-0.4, -0.2) is 55.5 Å². The zero-order valence-electron chi connectivity index (χ0n) is 9.79. The van der Waals surface area contributed by atoms with Crippen LogP contribution in [0.4, 0.5) is 0 Å². The van der Waals surface area contributed by atoms with Gasteiger partial charge in [-0.25, -0.2) is 0 Å². The summed E-state index contributed by atoms with van der Waals surface area (Å²) in [6, 6.07) is -0.385. The molecule has 0 saturated carbocycles. The summed E-state index contributed by atoms with van der Waals surface area (Å²) in [6.45, 7) is 6.26. The van der Waals surface area contributed by atoms with E-state index >= 15 is 0 Å². The van der Waals surface area contributed by atoms with Gasteiger partial charge in [-0.3, -0.25) is 4.79 Å². The molecule has 0 aromatic rings. The molecule has 1 amide bonds. The van der Waals surface area contributed by atoms with Crippen LogP contribution in [0.2, 0.25) is 0 Å². The fraction of sp³-hybridized carbons (Fsp3) is 0.900. The van der Waals surface area contributed by atoms with E-state index in [1.54, 1.807) is 6.92 Å². The van der Waals surface area contributed by atoms with Crippen LogP contribution in [-0.2, 0) is 4.79 Å². The van der Waals surface area contributed by atoms with Crippen LogP contribution in [0.15, 0.2) is 0 Å². The largest absolute Gasteiger partial charge is 0.340 e. The van der Waals surface area contributed by atoms with Crippen LogP contribution in [0.3, 0.4) is 0 Å². The van der Waals surface area contributed by atoms with Crippen LogP contribution in [0.25, 0.3) is 0 Å². The maximum atomic E-state index is 11.6. The Hall–Kier alpha value is -0.610. The van der Waals surface area contributed by atoms with Gasteiger partial charge in [0.25, 0.3) is 0 Å². The van der Waals surface area contributed by atoms with Gasteiger partial charge in [-0.2, -0.15) is 0 Å². The van der Waals surface area contributed by atoms with Crippen LogP contribution in [0.1, 0.15) is 20.3 Å². The van der Waals surface area contributed by atoms with Gasteiger partial charge in [0.2, 0.25) is 5.91 Å². The zero-order valence-corrected chi connectivity index (χ0v) is 9.79. The highest BCUT2D eigenvalue weighted by Crippen LogP contribution is 1.96. The number of carbonyl (C=O) groups is 1. The Labute approximate surface area is 87.0 Å². The second-order valence-electron chi connectivity index (χ2n) is 3.92. The number of hydrogen-bond donors (Lipinski definition) is 1. The Kier molecular flexibility index (Phi) is 6.49. The second kappa shape index (κ2) is 6.79. The molecule has 2 N–H and O–H groups in total. The molecule has 84 valence electrons. The van der Waals surface area contributed by atoms with E-state index in [0.717, 1.165) is 26.1 Å². The SMILES string of the molecule is CCCN(CCN(C)C)C(=O)[C@H](C)N. The number of amides is 1. The lowest BCUT2D eigenvalue weighted by Gasteiger charge is -2.25. The van der Waals surface area contributed by atoms with Crippen molar-refractivity contribution < 1.29 is 4.79 Å². The fourth-order valence-corrected chi connectivity index (χ4v) is 1.21. The van der Waals surface area contributed by atoms with Crippen molar-refractivity contribution in [3.05, 3.63) is 0 Å². The van der Waals surface area contributed by atoms with Gasteiger partial charge >= 0.3 is 0 Å². The number of likely N-dealkylation sites (N-methyl/N-ethyl adjacent to an activating group) is 1. The standard InChI is InChI=1S/C10H23N3O/c1-5-6-13(8-7-12(3)4)10(14)9(2)11/h9H,5-8,11H2,1-4H3/t9-/m0/s1. The van der Waals surface area contributed by atoms with E-state index in [1.807, 2.05) is 19.0 Å². The number of rotatable bonds is 6. The molecular weight excluding hydrogens is 178 g/mol. The van der Waals surface area contributed by atoms with Gasteiger partial charge in [0, 0.05) is 19.6 Å². The molecule has 1 atom stereocenters. The van der Waals surface area contributed by atoms with Crippen molar-refractivity contribution in [3.8, 4) is 0 Å². The molecule has 0 rings (SSSR count). The van der Waals surface area contributed by atoms with E-state index in [0.29, 0.717) is 0 Å². The number of carbonyl (C=O) groups excluding carboxylic acids is 1. The van der Waals surface area contributed by atoms with Gasteiger partial charge in [-0.05, 0) is 27.4 Å². The van der Waals surface area contributed by atoms with Crippen LogP contribution >= 0.6 is 0 Å². The third-order valence-electron chi connectivity index (χ3n) is 2.01. The smallest absolute Gasteiger partial charge is 0.239 e. The number of hydrogen-bond acceptors (Lipinski definition) is 3. The first-order chi connectivity index (χ1) is 6.49. The van der Waals surface area contributed by atoms with Crippen molar-refractivity contribution in [2.75, 3.05) is 33.7 Å². The molecule has 0 aromatic carbocycles. The Bertz CT molecular complexity index is 169. The number of nitrogens with zero attached hydrogens (tertiary/aromatic N) is 2. The summed E-state index contributed by atoms with van der Waals surface area (Å²) in [6.07, 6.45) is 0.978. The first kappa shape index (κ1) is 13.4. The lowest BCUT2D eigenvalue weighted by atomic mass is 10.3. The molecule has 0 fully saturated rings. The first-order valence-corrected chi connectivity index (χ1v) is 5.18. The van der Waals surface area contributed by atoms with Gasteiger partial charge in [-0.1, -0.05) is 6.92 Å². The van der Waals surface area contributed by atoms with Gasteiger partial charge < -0.3 is 15.5 Å². The molecule has 0 aliphatic heterocycles. The molecule has 4 heteroatoms. The highest BCUT2D eigenvalue weighted by atomic mass is 16.2. The Balaban J connectivity index is 4.07. The Morgan fingerprint density at radius 1 is 1.29 bits per heavy atom. The second-order valence-corrected chi connectivity index (χ2v) is 3.92. The van der Waals surface area contributed by atoms with Crippen molar-refractivity contribution in [1.82, 2.24) is 9.80 Å². The summed E-state index contributed by atoms with van der Waals surface area (Å²) in [7, 11) is 4.00. The van der Waals surface area contributed by atoms with E-state index in [1.165, 1.54) is 0 Å². The van der Waals surface area contributed by atoms with Crippen LogP contribution in [0, 0.1) is 0 Å². The van der Waals surface area contributed by atoms with E-state index in [9.17, 15) is 4.79 Å². The summed E-state index contributed by atoms with van der Waals surface area (Å²) >= 11 is 0. The molecule has 14 heavy (non-hydrogen) atoms. The van der Waals surface area contributed by atoms with E-state index in [2.05, 4.69) is 11.8 Å². The molecule has 0 unspecified atom stereocenters. The highest BCUT2D eigenvalue weighted by Gasteiger charge is 2.15. The zero-order chi connectivity index (χ0) is 11.1. The average Bonchev–Trinajstić information content (AvgIpc) is 2.10. The fourth-order valence-electron chi connectivity index (χ4n) is 1.21. The normalized spacial score (nSPS) is 13.0. The van der Waals surface area contributed by atoms with E-state index < -0.39 is 0 Å². The first-order valence-electron chi connectivity index (χ1n) is 5.18. The summed E-state index contributed by atoms with van der Waals surface area (Å²) in [5.74, 6) is 0.0497. The minimum atomic E-state index is -0.385. The van der Waals surface area contributed by atoms with E-state index in [4.69, 9.17) is 5.73 Å². The predicted octanol–water partition coefficient (Wildman–Crippen LogP) is 0.134. The highest BCUT2D eigenvalue weighted by molar-refractivity contribution is 5.81. The third kappa shape index (κ3) is 5.19. The minimum absolute atomic E-state index is 0.0497. The molecule has 0 radical (unpaired) electrons. The minimum Gasteiger partial charge on any atom is -0.340 e. The summed E-state index contributed by atoms with van der Waals surface area (Å²) < 4.78 is 0. The molecular formula is C10H23N3O. The van der Waals surface area contributed by atoms with Crippen molar-refractivity contribution in [3.63, 3.8) is 0 Å². The molecule has 0 heterocycles. The van der Waals surface area contributed by atoms with Crippen molar-refractivity contribution in [1.29, 1.82) is 0 Å². The Morgan fingerprint density at radius 3 is 2.21 bits per heavy atom. The molecule has 4 nitrogen and oxygen atoms in total. The Morgan fingerprint density at radius 2 is 1.86 bits per heavy atom. The van der Waals surface area contributed by atoms with Crippen LogP contribution in [0.5, 0.6) is 0 Å². The summed E-state index contributed by atoms with van der Waals surface area (Å²) in [5, 5.41) is 0. The summed E-state index contributed by atoms with van der Waals surface area (Å²) in [4.78, 5) is 15.5. The summed E-state index contributed by atoms with van der Waals surface area (Å²) in [5.41, 5.74) is 5.57. The third-order valence-corrected chi connectivity index (χ3v) is 2.01. The maximum absolute atomic E-state index is 11.6. The van der Waals surface area contributed by atoms with Gasteiger partial charge in [0.05, 0.1) is 6.04 Å². The van der Waals surface area contributed by atoms with Crippen molar-refractivity contribution in [2.45, 2.75) is 26.3 Å². The topological polar surface area (TPSA) is 49.6 Å². The van der Waals surface area contributed by atoms with Gasteiger partial charge in [-0.15, -0.1) is 0 Å². The predicted molar refractivity (Wildman–Crippen MR) is 59.1 cm³/mol. The lowest BCUT2D eigenvalue weighted by Crippen LogP contribution is -2.45. The van der Waals surface area contributed by atoms with E-state index in [-0.39, 0.29) is 11.9 Å². The van der Waals surface area contributed by atoms with Crippen molar-refractivity contribution >= 4 is 5.91 Å². The average molecular weight is 201 g/mol. The lowest BCUT2D eigenvalue weighted by molar-refractivity contribution is -0.132.